The number of amides is 1. The number of thiazole rings is 1. The Kier molecular flexibility index (Phi) is 7.74. The predicted molar refractivity (Wildman–Crippen MR) is 107 cm³/mol. The fourth-order valence-electron chi connectivity index (χ4n) is 3.65. The number of fused-ring (bicyclic) bond motifs is 1. The molecular formula is C19H22F3N5O4S. The summed E-state index contributed by atoms with van der Waals surface area (Å²) in [6.45, 7) is 6.33. The topological polar surface area (TPSA) is 118 Å². The van der Waals surface area contributed by atoms with Crippen LogP contribution in [0.25, 0.3) is 0 Å². The average molecular weight is 473 g/mol. The van der Waals surface area contributed by atoms with E-state index in [2.05, 4.69) is 32.3 Å². The Hall–Kier alpha value is -2.64. The van der Waals surface area contributed by atoms with Crippen LogP contribution >= 0.6 is 11.3 Å². The molecule has 13 heteroatoms. The number of halogens is 3. The third kappa shape index (κ3) is 6.20. The standard InChI is InChI=1S/C17H21N5O2S.C2HF3O2/c1-11-16(25-10-19-11)8-22-6-14-13(9-24-15(14)7-22)4-18-17(23)12-2-3-20-21-5-12;3-2(4,5)1(6)7/h2-3,5,10,13-15H,4,6-9H2,1H3,(H,18,23);(H,6,7)/t13-,14-,15-;/m1./s1. The zero-order valence-electron chi connectivity index (χ0n) is 17.1. The molecule has 32 heavy (non-hydrogen) atoms. The van der Waals surface area contributed by atoms with E-state index in [9.17, 15) is 18.0 Å². The van der Waals surface area contributed by atoms with Gasteiger partial charge in [-0.2, -0.15) is 23.4 Å². The summed E-state index contributed by atoms with van der Waals surface area (Å²) in [5.41, 5.74) is 3.57. The van der Waals surface area contributed by atoms with Gasteiger partial charge in [-0.15, -0.1) is 11.3 Å². The van der Waals surface area contributed by atoms with Crippen molar-refractivity contribution < 1.29 is 32.6 Å². The number of alkyl halides is 3. The molecule has 174 valence electrons. The van der Waals surface area contributed by atoms with Crippen LogP contribution in [0.1, 0.15) is 20.9 Å². The second-order valence-corrected chi connectivity index (χ2v) is 8.43. The normalized spacial score (nSPS) is 22.7. The molecule has 2 N–H and O–H groups in total. The molecule has 9 nitrogen and oxygen atoms in total. The van der Waals surface area contributed by atoms with Crippen LogP contribution in [0.15, 0.2) is 24.0 Å². The van der Waals surface area contributed by atoms with Crippen molar-refractivity contribution in [3.8, 4) is 0 Å². The lowest BCUT2D eigenvalue weighted by atomic mass is 9.93. The van der Waals surface area contributed by atoms with Gasteiger partial charge in [0.2, 0.25) is 0 Å². The van der Waals surface area contributed by atoms with E-state index in [0.29, 0.717) is 23.9 Å². The highest BCUT2D eigenvalue weighted by Crippen LogP contribution is 2.34. The number of aryl methyl sites for hydroxylation is 1. The number of nitrogens with one attached hydrogen (secondary N) is 1. The highest BCUT2D eigenvalue weighted by atomic mass is 32.1. The molecule has 1 amide bonds. The van der Waals surface area contributed by atoms with Gasteiger partial charge in [-0.3, -0.25) is 9.69 Å². The zero-order chi connectivity index (χ0) is 23.3. The van der Waals surface area contributed by atoms with Gasteiger partial charge in [-0.1, -0.05) is 0 Å². The van der Waals surface area contributed by atoms with Crippen LogP contribution in [0, 0.1) is 18.8 Å². The van der Waals surface area contributed by atoms with Crippen LogP contribution in [0.3, 0.4) is 0 Å². The third-order valence-corrected chi connectivity index (χ3v) is 6.26. The number of aliphatic carboxylic acids is 1. The molecule has 0 unspecified atom stereocenters. The number of nitrogens with zero attached hydrogens (tertiary/aromatic N) is 4. The van der Waals surface area contributed by atoms with E-state index in [1.54, 1.807) is 17.4 Å². The largest absolute Gasteiger partial charge is 0.490 e. The molecule has 3 atom stereocenters. The Bertz CT molecular complexity index is 927. The number of rotatable bonds is 5. The molecule has 0 spiro atoms. The molecule has 2 aliphatic heterocycles. The van der Waals surface area contributed by atoms with Crippen LogP contribution < -0.4 is 5.32 Å². The van der Waals surface area contributed by atoms with E-state index in [-0.39, 0.29) is 12.0 Å². The number of carbonyl (C=O) groups is 2. The summed E-state index contributed by atoms with van der Waals surface area (Å²) in [6.07, 6.45) is -1.80. The summed E-state index contributed by atoms with van der Waals surface area (Å²) in [5.74, 6) is -2.03. The van der Waals surface area contributed by atoms with Gasteiger partial charge in [0.15, 0.2) is 0 Å². The number of aromatic nitrogens is 3. The molecule has 2 aliphatic rings. The number of likely N-dealkylation sites (tertiary alicyclic amines) is 1. The smallest absolute Gasteiger partial charge is 0.475 e. The summed E-state index contributed by atoms with van der Waals surface area (Å²) < 4.78 is 37.7. The zero-order valence-corrected chi connectivity index (χ0v) is 17.9. The van der Waals surface area contributed by atoms with Crippen molar-refractivity contribution in [3.63, 3.8) is 0 Å². The summed E-state index contributed by atoms with van der Waals surface area (Å²) >= 11 is 1.72. The summed E-state index contributed by atoms with van der Waals surface area (Å²) in [4.78, 5) is 29.2. The molecule has 0 radical (unpaired) electrons. The molecule has 4 rings (SSSR count). The Morgan fingerprint density at radius 1 is 1.34 bits per heavy atom. The van der Waals surface area contributed by atoms with Gasteiger partial charge in [-0.05, 0) is 13.0 Å². The number of carboxylic acid groups (broad SMARTS) is 1. The first-order chi connectivity index (χ1) is 15.1. The first kappa shape index (κ1) is 24.0. The molecule has 0 aliphatic carbocycles. The van der Waals surface area contributed by atoms with Gasteiger partial charge in [0, 0.05) is 42.9 Å². The second kappa shape index (κ2) is 10.3. The van der Waals surface area contributed by atoms with Crippen molar-refractivity contribution in [2.24, 2.45) is 11.8 Å². The molecule has 2 aromatic heterocycles. The maximum absolute atomic E-state index is 12.2. The molecular weight excluding hydrogens is 451 g/mol. The van der Waals surface area contributed by atoms with E-state index in [0.717, 1.165) is 31.9 Å². The average Bonchev–Trinajstić information content (AvgIpc) is 3.44. The lowest BCUT2D eigenvalue weighted by Gasteiger charge is -2.19. The minimum Gasteiger partial charge on any atom is -0.475 e. The molecule has 2 aromatic rings. The Balaban J connectivity index is 0.000000360. The van der Waals surface area contributed by atoms with Crippen LogP contribution in [-0.4, -0.2) is 75.6 Å². The highest BCUT2D eigenvalue weighted by molar-refractivity contribution is 7.09. The lowest BCUT2D eigenvalue weighted by molar-refractivity contribution is -0.192. The van der Waals surface area contributed by atoms with Crippen molar-refractivity contribution in [2.45, 2.75) is 25.7 Å². The van der Waals surface area contributed by atoms with E-state index in [1.807, 2.05) is 5.51 Å². The van der Waals surface area contributed by atoms with Crippen molar-refractivity contribution in [3.05, 3.63) is 40.1 Å². The molecule has 2 fully saturated rings. The monoisotopic (exact) mass is 473 g/mol. The number of carbonyl (C=O) groups excluding carboxylic acids is 1. The lowest BCUT2D eigenvalue weighted by Crippen LogP contribution is -2.34. The van der Waals surface area contributed by atoms with Crippen molar-refractivity contribution in [1.82, 2.24) is 25.4 Å². The minimum atomic E-state index is -5.08. The fraction of sp³-hybridized carbons (Fsp3) is 0.526. The van der Waals surface area contributed by atoms with Crippen LogP contribution in [0.5, 0.6) is 0 Å². The van der Waals surface area contributed by atoms with Gasteiger partial charge in [-0.25, -0.2) is 9.78 Å². The summed E-state index contributed by atoms with van der Waals surface area (Å²) in [6, 6.07) is 1.67. The summed E-state index contributed by atoms with van der Waals surface area (Å²) in [7, 11) is 0. The maximum atomic E-state index is 12.2. The van der Waals surface area contributed by atoms with E-state index in [1.165, 1.54) is 17.3 Å². The van der Waals surface area contributed by atoms with Crippen molar-refractivity contribution >= 4 is 23.2 Å². The first-order valence-corrected chi connectivity index (χ1v) is 10.6. The number of carboxylic acids is 1. The van der Waals surface area contributed by atoms with Gasteiger partial charge in [0.25, 0.3) is 5.91 Å². The van der Waals surface area contributed by atoms with E-state index < -0.39 is 12.1 Å². The molecule has 2 saturated heterocycles. The molecule has 0 bridgehead atoms. The Morgan fingerprint density at radius 2 is 2.09 bits per heavy atom. The summed E-state index contributed by atoms with van der Waals surface area (Å²) in [5, 5.41) is 17.6. The fourth-order valence-corrected chi connectivity index (χ4v) is 4.47. The molecule has 4 heterocycles. The quantitative estimate of drug-likeness (QED) is 0.675. The second-order valence-electron chi connectivity index (χ2n) is 7.49. The minimum absolute atomic E-state index is 0.103. The number of hydrogen-bond acceptors (Lipinski definition) is 8. The first-order valence-electron chi connectivity index (χ1n) is 9.73. The van der Waals surface area contributed by atoms with Crippen molar-refractivity contribution in [2.75, 3.05) is 26.2 Å². The van der Waals surface area contributed by atoms with Gasteiger partial charge in [0.05, 0.1) is 41.9 Å². The third-order valence-electron chi connectivity index (χ3n) is 5.34. The SMILES string of the molecule is Cc1ncsc1CN1C[C@@H]2[C@H](CNC(=O)c3ccnnc3)CO[C@@H]2C1.O=C(O)C(F)(F)F. The van der Waals surface area contributed by atoms with Gasteiger partial charge >= 0.3 is 12.1 Å². The molecule has 0 aromatic carbocycles. The van der Waals surface area contributed by atoms with Crippen molar-refractivity contribution in [1.29, 1.82) is 0 Å². The number of ether oxygens (including phenoxy) is 1. The van der Waals surface area contributed by atoms with Crippen LogP contribution in [0.4, 0.5) is 13.2 Å². The van der Waals surface area contributed by atoms with Crippen LogP contribution in [-0.2, 0) is 16.1 Å². The Labute approximate surface area is 185 Å². The van der Waals surface area contributed by atoms with Gasteiger partial charge in [0.1, 0.15) is 0 Å². The molecule has 0 saturated carbocycles. The number of hydrogen-bond donors (Lipinski definition) is 2. The van der Waals surface area contributed by atoms with Crippen LogP contribution in [0.2, 0.25) is 0 Å². The Morgan fingerprint density at radius 3 is 2.69 bits per heavy atom. The predicted octanol–water partition coefficient (Wildman–Crippen LogP) is 1.75. The van der Waals surface area contributed by atoms with E-state index >= 15 is 0 Å². The maximum Gasteiger partial charge on any atom is 0.490 e. The van der Waals surface area contributed by atoms with Gasteiger partial charge < -0.3 is 15.2 Å². The van der Waals surface area contributed by atoms with E-state index in [4.69, 9.17) is 14.6 Å². The highest BCUT2D eigenvalue weighted by Gasteiger charge is 2.43.